The molecule has 1 aromatic heterocycles. The molecule has 3 heteroatoms. The van der Waals surface area contributed by atoms with Crippen LogP contribution in [0.25, 0.3) is 0 Å². The molecule has 1 atom stereocenters. The van der Waals surface area contributed by atoms with Crippen LogP contribution < -0.4 is 5.32 Å². The van der Waals surface area contributed by atoms with Crippen LogP contribution in [0.2, 0.25) is 0 Å². The first-order chi connectivity index (χ1) is 9.78. The van der Waals surface area contributed by atoms with Crippen molar-refractivity contribution in [3.05, 3.63) is 29.6 Å². The van der Waals surface area contributed by atoms with Crippen molar-refractivity contribution in [2.24, 2.45) is 5.92 Å². The summed E-state index contributed by atoms with van der Waals surface area (Å²) in [6.45, 7) is 10.1. The van der Waals surface area contributed by atoms with Crippen molar-refractivity contribution in [3.63, 3.8) is 0 Å². The van der Waals surface area contributed by atoms with Crippen LogP contribution in [0.3, 0.4) is 0 Å². The van der Waals surface area contributed by atoms with Crippen molar-refractivity contribution in [1.82, 2.24) is 15.2 Å². The molecule has 112 valence electrons. The van der Waals surface area contributed by atoms with E-state index in [2.05, 4.69) is 47.2 Å². The summed E-state index contributed by atoms with van der Waals surface area (Å²) in [7, 11) is 0. The van der Waals surface area contributed by atoms with E-state index < -0.39 is 0 Å². The first kappa shape index (κ1) is 15.5. The summed E-state index contributed by atoms with van der Waals surface area (Å²) >= 11 is 0. The lowest BCUT2D eigenvalue weighted by Crippen LogP contribution is -2.31. The minimum Gasteiger partial charge on any atom is -0.316 e. The number of pyridine rings is 1. The van der Waals surface area contributed by atoms with Gasteiger partial charge in [-0.15, -0.1) is 0 Å². The molecule has 1 fully saturated rings. The van der Waals surface area contributed by atoms with E-state index in [4.69, 9.17) is 0 Å². The maximum absolute atomic E-state index is 4.61. The highest BCUT2D eigenvalue weighted by atomic mass is 15.1. The standard InChI is InChI=1S/C17H29N3/c1-3-20(14-17-10-4-7-15(2)19-17)12-6-9-16-8-5-11-18-13-16/h4,7,10,16,18H,3,5-6,8-9,11-14H2,1-2H3. The van der Waals surface area contributed by atoms with Crippen LogP contribution in [0.5, 0.6) is 0 Å². The van der Waals surface area contributed by atoms with Gasteiger partial charge in [-0.1, -0.05) is 13.0 Å². The molecule has 0 spiro atoms. The lowest BCUT2D eigenvalue weighted by molar-refractivity contribution is 0.253. The molecule has 1 saturated heterocycles. The molecule has 0 amide bonds. The van der Waals surface area contributed by atoms with E-state index in [0.29, 0.717) is 0 Å². The average Bonchev–Trinajstić information content (AvgIpc) is 2.47. The maximum Gasteiger partial charge on any atom is 0.0547 e. The Balaban J connectivity index is 1.71. The van der Waals surface area contributed by atoms with Gasteiger partial charge in [0.05, 0.1) is 5.69 Å². The molecular formula is C17H29N3. The van der Waals surface area contributed by atoms with Crippen LogP contribution >= 0.6 is 0 Å². The van der Waals surface area contributed by atoms with Crippen LogP contribution in [0, 0.1) is 12.8 Å². The molecule has 20 heavy (non-hydrogen) atoms. The van der Waals surface area contributed by atoms with Gasteiger partial charge in [0, 0.05) is 12.2 Å². The van der Waals surface area contributed by atoms with Gasteiger partial charge in [0.2, 0.25) is 0 Å². The Morgan fingerprint density at radius 1 is 1.40 bits per heavy atom. The van der Waals surface area contributed by atoms with E-state index in [1.807, 2.05) is 0 Å². The molecule has 0 aromatic carbocycles. The van der Waals surface area contributed by atoms with Gasteiger partial charge in [-0.3, -0.25) is 9.88 Å². The van der Waals surface area contributed by atoms with E-state index in [-0.39, 0.29) is 0 Å². The number of nitrogens with zero attached hydrogens (tertiary/aromatic N) is 2. The van der Waals surface area contributed by atoms with Gasteiger partial charge in [-0.2, -0.15) is 0 Å². The van der Waals surface area contributed by atoms with Gasteiger partial charge in [-0.25, -0.2) is 0 Å². The van der Waals surface area contributed by atoms with Crippen molar-refractivity contribution < 1.29 is 0 Å². The zero-order chi connectivity index (χ0) is 14.2. The summed E-state index contributed by atoms with van der Waals surface area (Å²) in [5.74, 6) is 0.902. The number of hydrogen-bond acceptors (Lipinski definition) is 3. The van der Waals surface area contributed by atoms with E-state index in [9.17, 15) is 0 Å². The van der Waals surface area contributed by atoms with E-state index in [1.54, 1.807) is 0 Å². The Kier molecular flexibility index (Phi) is 6.48. The molecule has 0 saturated carbocycles. The van der Waals surface area contributed by atoms with E-state index >= 15 is 0 Å². The highest BCUT2D eigenvalue weighted by Crippen LogP contribution is 2.16. The number of aromatic nitrogens is 1. The quantitative estimate of drug-likeness (QED) is 0.829. The van der Waals surface area contributed by atoms with Gasteiger partial charge in [0.1, 0.15) is 0 Å². The highest BCUT2D eigenvalue weighted by Gasteiger charge is 2.13. The minimum atomic E-state index is 0.902. The fourth-order valence-electron chi connectivity index (χ4n) is 3.04. The minimum absolute atomic E-state index is 0.902. The van der Waals surface area contributed by atoms with E-state index in [0.717, 1.165) is 24.7 Å². The lowest BCUT2D eigenvalue weighted by Gasteiger charge is -2.25. The van der Waals surface area contributed by atoms with Gasteiger partial charge in [0.25, 0.3) is 0 Å². The molecule has 0 bridgehead atoms. The number of piperidine rings is 1. The van der Waals surface area contributed by atoms with Crippen molar-refractivity contribution >= 4 is 0 Å². The number of rotatable bonds is 7. The molecule has 1 unspecified atom stereocenters. The predicted octanol–water partition coefficient (Wildman–Crippen LogP) is 2.99. The van der Waals surface area contributed by atoms with Gasteiger partial charge >= 0.3 is 0 Å². The fourth-order valence-corrected chi connectivity index (χ4v) is 3.04. The topological polar surface area (TPSA) is 28.2 Å². The third-order valence-electron chi connectivity index (χ3n) is 4.26. The normalized spacial score (nSPS) is 19.4. The van der Waals surface area contributed by atoms with Crippen molar-refractivity contribution in [2.45, 2.75) is 46.1 Å². The average molecular weight is 275 g/mol. The zero-order valence-corrected chi connectivity index (χ0v) is 13.1. The Labute approximate surface area is 123 Å². The van der Waals surface area contributed by atoms with Gasteiger partial charge in [-0.05, 0) is 76.8 Å². The molecule has 0 radical (unpaired) electrons. The summed E-state index contributed by atoms with van der Waals surface area (Å²) in [5.41, 5.74) is 2.32. The smallest absolute Gasteiger partial charge is 0.0547 e. The fraction of sp³-hybridized carbons (Fsp3) is 0.706. The Bertz CT molecular complexity index is 386. The largest absolute Gasteiger partial charge is 0.316 e. The summed E-state index contributed by atoms with van der Waals surface area (Å²) in [4.78, 5) is 7.12. The zero-order valence-electron chi connectivity index (χ0n) is 13.1. The number of nitrogens with one attached hydrogen (secondary N) is 1. The molecule has 2 rings (SSSR count). The first-order valence-corrected chi connectivity index (χ1v) is 8.13. The predicted molar refractivity (Wildman–Crippen MR) is 84.8 cm³/mol. The Hall–Kier alpha value is -0.930. The second-order valence-corrected chi connectivity index (χ2v) is 5.99. The van der Waals surface area contributed by atoms with Gasteiger partial charge < -0.3 is 5.32 Å². The molecule has 3 nitrogen and oxygen atoms in total. The lowest BCUT2D eigenvalue weighted by atomic mass is 9.94. The SMILES string of the molecule is CCN(CCCC1CCCNC1)Cc1cccc(C)n1. The van der Waals surface area contributed by atoms with E-state index in [1.165, 1.54) is 51.0 Å². The summed E-state index contributed by atoms with van der Waals surface area (Å²) < 4.78 is 0. The van der Waals surface area contributed by atoms with Crippen LogP contribution in [-0.4, -0.2) is 36.1 Å². The highest BCUT2D eigenvalue weighted by molar-refractivity contribution is 5.09. The third-order valence-corrected chi connectivity index (χ3v) is 4.26. The van der Waals surface area contributed by atoms with Crippen molar-refractivity contribution in [2.75, 3.05) is 26.2 Å². The molecule has 1 aliphatic heterocycles. The van der Waals surface area contributed by atoms with Crippen LogP contribution in [-0.2, 0) is 6.54 Å². The van der Waals surface area contributed by atoms with Crippen LogP contribution in [0.4, 0.5) is 0 Å². The monoisotopic (exact) mass is 275 g/mol. The molecular weight excluding hydrogens is 246 g/mol. The molecule has 1 aliphatic rings. The second kappa shape index (κ2) is 8.38. The third kappa shape index (κ3) is 5.22. The summed E-state index contributed by atoms with van der Waals surface area (Å²) in [5, 5.41) is 3.51. The van der Waals surface area contributed by atoms with Crippen LogP contribution in [0.1, 0.15) is 44.0 Å². The molecule has 1 N–H and O–H groups in total. The number of hydrogen-bond donors (Lipinski definition) is 1. The molecule has 2 heterocycles. The second-order valence-electron chi connectivity index (χ2n) is 5.99. The van der Waals surface area contributed by atoms with Crippen LogP contribution in [0.15, 0.2) is 18.2 Å². The maximum atomic E-state index is 4.61. The molecule has 1 aromatic rings. The number of aryl methyl sites for hydroxylation is 1. The summed E-state index contributed by atoms with van der Waals surface area (Å²) in [6.07, 6.45) is 5.45. The Morgan fingerprint density at radius 2 is 2.30 bits per heavy atom. The van der Waals surface area contributed by atoms with Crippen molar-refractivity contribution in [3.8, 4) is 0 Å². The first-order valence-electron chi connectivity index (χ1n) is 8.13. The Morgan fingerprint density at radius 3 is 3.00 bits per heavy atom. The molecule has 0 aliphatic carbocycles. The summed E-state index contributed by atoms with van der Waals surface area (Å²) in [6, 6.07) is 6.32. The van der Waals surface area contributed by atoms with Crippen molar-refractivity contribution in [1.29, 1.82) is 0 Å². The van der Waals surface area contributed by atoms with Gasteiger partial charge in [0.15, 0.2) is 0 Å².